The van der Waals surface area contributed by atoms with Crippen LogP contribution >= 0.6 is 0 Å². The molecule has 0 saturated carbocycles. The summed E-state index contributed by atoms with van der Waals surface area (Å²) in [6.07, 6.45) is 4.74. The lowest BCUT2D eigenvalue weighted by Crippen LogP contribution is -2.29. The quantitative estimate of drug-likeness (QED) is 0.575. The summed E-state index contributed by atoms with van der Waals surface area (Å²) in [6.45, 7) is 2.75. The van der Waals surface area contributed by atoms with Gasteiger partial charge >= 0.3 is 5.97 Å². The van der Waals surface area contributed by atoms with Crippen LogP contribution in [0.5, 0.6) is 0 Å². The Labute approximate surface area is 66.1 Å². The second-order valence-electron chi connectivity index (χ2n) is 2.82. The van der Waals surface area contributed by atoms with E-state index in [4.69, 9.17) is 5.11 Å². The zero-order chi connectivity index (χ0) is 8.27. The van der Waals surface area contributed by atoms with Crippen molar-refractivity contribution in [3.63, 3.8) is 0 Å². The molecule has 1 fully saturated rings. The van der Waals surface area contributed by atoms with Crippen LogP contribution in [0.3, 0.4) is 0 Å². The van der Waals surface area contributed by atoms with Crippen molar-refractivity contribution in [1.29, 1.82) is 0 Å². The lowest BCUT2D eigenvalue weighted by Gasteiger charge is -2.00. The van der Waals surface area contributed by atoms with Gasteiger partial charge in [-0.2, -0.15) is 0 Å². The molecule has 0 aromatic heterocycles. The Morgan fingerprint density at radius 1 is 1.73 bits per heavy atom. The van der Waals surface area contributed by atoms with Crippen molar-refractivity contribution in [3.8, 4) is 0 Å². The van der Waals surface area contributed by atoms with Crippen LogP contribution in [-0.4, -0.2) is 23.7 Å². The fraction of sp³-hybridized carbons (Fsp3) is 0.625. The fourth-order valence-electron chi connectivity index (χ4n) is 1.37. The summed E-state index contributed by atoms with van der Waals surface area (Å²) >= 11 is 0. The van der Waals surface area contributed by atoms with E-state index in [1.165, 1.54) is 0 Å². The molecular weight excluding hydrogens is 142 g/mol. The second kappa shape index (κ2) is 3.53. The van der Waals surface area contributed by atoms with E-state index in [0.29, 0.717) is 5.92 Å². The van der Waals surface area contributed by atoms with E-state index >= 15 is 0 Å². The van der Waals surface area contributed by atoms with Crippen molar-refractivity contribution in [2.24, 2.45) is 5.92 Å². The van der Waals surface area contributed by atoms with E-state index in [1.807, 2.05) is 13.0 Å². The van der Waals surface area contributed by atoms with Gasteiger partial charge in [0, 0.05) is 6.54 Å². The molecule has 1 aliphatic rings. The highest BCUT2D eigenvalue weighted by Crippen LogP contribution is 2.14. The number of allylic oxidation sites excluding steroid dienone is 1. The van der Waals surface area contributed by atoms with Gasteiger partial charge in [-0.15, -0.1) is 0 Å². The normalized spacial score (nSPS) is 31.4. The first-order valence-electron chi connectivity index (χ1n) is 3.83. The van der Waals surface area contributed by atoms with Gasteiger partial charge in [-0.1, -0.05) is 12.2 Å². The molecule has 1 heterocycles. The minimum atomic E-state index is -0.739. The second-order valence-corrected chi connectivity index (χ2v) is 2.82. The predicted molar refractivity (Wildman–Crippen MR) is 42.3 cm³/mol. The Hall–Kier alpha value is -0.830. The first-order chi connectivity index (χ1) is 5.24. The SMILES string of the molecule is C/C=C\C1CNC(C(=O)O)C1. The van der Waals surface area contributed by atoms with E-state index in [-0.39, 0.29) is 6.04 Å². The molecule has 0 spiro atoms. The van der Waals surface area contributed by atoms with E-state index < -0.39 is 5.97 Å². The van der Waals surface area contributed by atoms with Gasteiger partial charge in [0.1, 0.15) is 6.04 Å². The van der Waals surface area contributed by atoms with Crippen molar-refractivity contribution < 1.29 is 9.90 Å². The molecular formula is C8H13NO2. The van der Waals surface area contributed by atoms with Crippen LogP contribution in [0.2, 0.25) is 0 Å². The highest BCUT2D eigenvalue weighted by atomic mass is 16.4. The number of carboxylic acid groups (broad SMARTS) is 1. The minimum Gasteiger partial charge on any atom is -0.480 e. The number of carboxylic acids is 1. The summed E-state index contributed by atoms with van der Waals surface area (Å²) in [5, 5.41) is 11.6. The van der Waals surface area contributed by atoms with Crippen molar-refractivity contribution in [1.82, 2.24) is 5.32 Å². The molecule has 3 nitrogen and oxygen atoms in total. The molecule has 0 bridgehead atoms. The van der Waals surface area contributed by atoms with E-state index in [2.05, 4.69) is 11.4 Å². The summed E-state index contributed by atoms with van der Waals surface area (Å²) in [7, 11) is 0. The molecule has 2 atom stereocenters. The van der Waals surface area contributed by atoms with Gasteiger partial charge in [-0.05, 0) is 19.3 Å². The number of carbonyl (C=O) groups is 1. The molecule has 1 aliphatic heterocycles. The van der Waals surface area contributed by atoms with Crippen LogP contribution in [0, 0.1) is 5.92 Å². The van der Waals surface area contributed by atoms with Gasteiger partial charge < -0.3 is 10.4 Å². The van der Waals surface area contributed by atoms with Crippen LogP contribution < -0.4 is 5.32 Å². The summed E-state index contributed by atoms with van der Waals surface area (Å²) in [6, 6.07) is -0.337. The molecule has 2 unspecified atom stereocenters. The molecule has 0 aromatic rings. The molecule has 0 aromatic carbocycles. The number of aliphatic carboxylic acids is 1. The maximum absolute atomic E-state index is 10.5. The molecule has 3 heteroatoms. The summed E-state index contributed by atoms with van der Waals surface area (Å²) in [4.78, 5) is 10.5. The van der Waals surface area contributed by atoms with Crippen LogP contribution in [0.15, 0.2) is 12.2 Å². The Kier molecular flexibility index (Phi) is 2.65. The third-order valence-corrected chi connectivity index (χ3v) is 1.93. The first-order valence-corrected chi connectivity index (χ1v) is 3.83. The van der Waals surface area contributed by atoms with E-state index in [9.17, 15) is 4.79 Å². The van der Waals surface area contributed by atoms with Gasteiger partial charge in [0.05, 0.1) is 0 Å². The molecule has 11 heavy (non-hydrogen) atoms. The van der Waals surface area contributed by atoms with Crippen molar-refractivity contribution in [2.75, 3.05) is 6.54 Å². The van der Waals surface area contributed by atoms with Crippen LogP contribution in [-0.2, 0) is 4.79 Å². The Bertz CT molecular complexity index is 177. The maximum atomic E-state index is 10.5. The number of hydrogen-bond acceptors (Lipinski definition) is 2. The van der Waals surface area contributed by atoms with Gasteiger partial charge in [-0.3, -0.25) is 4.79 Å². The number of nitrogens with one attached hydrogen (secondary N) is 1. The summed E-state index contributed by atoms with van der Waals surface area (Å²) < 4.78 is 0. The third kappa shape index (κ3) is 2.05. The highest BCUT2D eigenvalue weighted by Gasteiger charge is 2.26. The zero-order valence-electron chi connectivity index (χ0n) is 6.58. The van der Waals surface area contributed by atoms with Gasteiger partial charge in [0.25, 0.3) is 0 Å². The van der Waals surface area contributed by atoms with Crippen LogP contribution in [0.1, 0.15) is 13.3 Å². The molecule has 62 valence electrons. The predicted octanol–water partition coefficient (Wildman–Crippen LogP) is 0.625. The Balaban J connectivity index is 2.40. The Morgan fingerprint density at radius 3 is 2.91 bits per heavy atom. The zero-order valence-corrected chi connectivity index (χ0v) is 6.58. The largest absolute Gasteiger partial charge is 0.480 e. The average molecular weight is 155 g/mol. The van der Waals surface area contributed by atoms with Crippen LogP contribution in [0.25, 0.3) is 0 Å². The minimum absolute atomic E-state index is 0.337. The third-order valence-electron chi connectivity index (χ3n) is 1.93. The van der Waals surface area contributed by atoms with Crippen molar-refractivity contribution in [2.45, 2.75) is 19.4 Å². The van der Waals surface area contributed by atoms with Gasteiger partial charge in [0.2, 0.25) is 0 Å². The standard InChI is InChI=1S/C8H13NO2/c1-2-3-6-4-7(8(10)11)9-5-6/h2-3,6-7,9H,4-5H2,1H3,(H,10,11)/b3-2-. The molecule has 0 amide bonds. The lowest BCUT2D eigenvalue weighted by atomic mass is 10.1. The molecule has 2 N–H and O–H groups in total. The molecule has 0 radical (unpaired) electrons. The molecule has 1 saturated heterocycles. The number of rotatable bonds is 2. The Morgan fingerprint density at radius 2 is 2.45 bits per heavy atom. The molecule has 0 aliphatic carbocycles. The van der Waals surface area contributed by atoms with Crippen LogP contribution in [0.4, 0.5) is 0 Å². The highest BCUT2D eigenvalue weighted by molar-refractivity contribution is 5.73. The van der Waals surface area contributed by atoms with Gasteiger partial charge in [0.15, 0.2) is 0 Å². The summed E-state index contributed by atoms with van der Waals surface area (Å²) in [5.74, 6) is -0.335. The monoisotopic (exact) mass is 155 g/mol. The van der Waals surface area contributed by atoms with Crippen molar-refractivity contribution >= 4 is 5.97 Å². The average Bonchev–Trinajstić information content (AvgIpc) is 2.37. The first kappa shape index (κ1) is 8.27. The van der Waals surface area contributed by atoms with Gasteiger partial charge in [-0.25, -0.2) is 0 Å². The van der Waals surface area contributed by atoms with E-state index in [1.54, 1.807) is 0 Å². The molecule has 1 rings (SSSR count). The lowest BCUT2D eigenvalue weighted by molar-refractivity contribution is -0.139. The van der Waals surface area contributed by atoms with E-state index in [0.717, 1.165) is 13.0 Å². The fourth-order valence-corrected chi connectivity index (χ4v) is 1.37. The summed E-state index contributed by atoms with van der Waals surface area (Å²) in [5.41, 5.74) is 0. The number of hydrogen-bond donors (Lipinski definition) is 2. The van der Waals surface area contributed by atoms with Crippen molar-refractivity contribution in [3.05, 3.63) is 12.2 Å². The maximum Gasteiger partial charge on any atom is 0.320 e. The smallest absolute Gasteiger partial charge is 0.320 e. The topological polar surface area (TPSA) is 49.3 Å².